The second kappa shape index (κ2) is 12.8. The van der Waals surface area contributed by atoms with Gasteiger partial charge in [0.25, 0.3) is 5.91 Å². The summed E-state index contributed by atoms with van der Waals surface area (Å²) in [6, 6.07) is 20.5. The molecule has 0 fully saturated rings. The SMILES string of the molecule is CCOc1ccc(-n2c(SCC(=O)N/N=C\c3ccc(OC)c(Br)c3)nnc2-c2ccc(Cl)cc2)cc1. The molecular formula is C26H23BrClN5O3S. The number of carbonyl (C=O) groups excluding carboxylic acids is 1. The molecule has 0 aliphatic heterocycles. The van der Waals surface area contributed by atoms with Crippen LogP contribution in [0.1, 0.15) is 12.5 Å². The molecule has 1 aromatic heterocycles. The van der Waals surface area contributed by atoms with Crippen LogP contribution in [0.5, 0.6) is 11.5 Å². The van der Waals surface area contributed by atoms with Gasteiger partial charge in [-0.1, -0.05) is 23.4 Å². The van der Waals surface area contributed by atoms with Gasteiger partial charge in [0.1, 0.15) is 11.5 Å². The first kappa shape index (κ1) is 26.7. The van der Waals surface area contributed by atoms with Gasteiger partial charge in [-0.05, 0) is 95.1 Å². The van der Waals surface area contributed by atoms with Crippen molar-refractivity contribution in [2.24, 2.45) is 5.10 Å². The Labute approximate surface area is 232 Å². The summed E-state index contributed by atoms with van der Waals surface area (Å²) in [7, 11) is 1.60. The van der Waals surface area contributed by atoms with Crippen molar-refractivity contribution in [1.82, 2.24) is 20.2 Å². The van der Waals surface area contributed by atoms with Crippen LogP contribution in [0.2, 0.25) is 5.02 Å². The highest BCUT2D eigenvalue weighted by molar-refractivity contribution is 9.10. The minimum absolute atomic E-state index is 0.0967. The molecule has 0 bridgehead atoms. The number of benzene rings is 3. The number of nitrogens with zero attached hydrogens (tertiary/aromatic N) is 4. The monoisotopic (exact) mass is 599 g/mol. The van der Waals surface area contributed by atoms with E-state index in [0.717, 1.165) is 27.0 Å². The van der Waals surface area contributed by atoms with Gasteiger partial charge in [0, 0.05) is 16.3 Å². The Hall–Kier alpha value is -3.34. The number of hydrazone groups is 1. The first-order chi connectivity index (χ1) is 18.0. The quantitative estimate of drug-likeness (QED) is 0.136. The van der Waals surface area contributed by atoms with E-state index in [1.54, 1.807) is 25.5 Å². The minimum Gasteiger partial charge on any atom is -0.496 e. The Morgan fingerprint density at radius 1 is 1.14 bits per heavy atom. The van der Waals surface area contributed by atoms with Crippen LogP contribution in [0.3, 0.4) is 0 Å². The smallest absolute Gasteiger partial charge is 0.250 e. The lowest BCUT2D eigenvalue weighted by atomic mass is 10.2. The van der Waals surface area contributed by atoms with Gasteiger partial charge in [-0.3, -0.25) is 9.36 Å². The van der Waals surface area contributed by atoms with Crippen LogP contribution in [-0.4, -0.2) is 46.4 Å². The average Bonchev–Trinajstić information content (AvgIpc) is 3.32. The Balaban J connectivity index is 1.50. The van der Waals surface area contributed by atoms with E-state index in [4.69, 9.17) is 21.1 Å². The number of halogens is 2. The molecule has 190 valence electrons. The number of hydrogen-bond donors (Lipinski definition) is 1. The van der Waals surface area contributed by atoms with E-state index in [-0.39, 0.29) is 11.7 Å². The fourth-order valence-electron chi connectivity index (χ4n) is 3.34. The predicted octanol–water partition coefficient (Wildman–Crippen LogP) is 6.00. The topological polar surface area (TPSA) is 90.6 Å². The zero-order valence-corrected chi connectivity index (χ0v) is 23.2. The molecule has 0 aliphatic carbocycles. The van der Waals surface area contributed by atoms with Crippen molar-refractivity contribution in [3.63, 3.8) is 0 Å². The zero-order chi connectivity index (χ0) is 26.2. The van der Waals surface area contributed by atoms with Crippen LogP contribution in [-0.2, 0) is 4.79 Å². The van der Waals surface area contributed by atoms with Crippen molar-refractivity contribution < 1.29 is 14.3 Å². The van der Waals surface area contributed by atoms with Crippen LogP contribution >= 0.6 is 39.3 Å². The molecule has 8 nitrogen and oxygen atoms in total. The fraction of sp³-hybridized carbons (Fsp3) is 0.154. The van der Waals surface area contributed by atoms with Crippen LogP contribution in [0, 0.1) is 0 Å². The normalized spacial score (nSPS) is 11.0. The summed E-state index contributed by atoms with van der Waals surface area (Å²) in [6.45, 7) is 2.52. The fourth-order valence-corrected chi connectivity index (χ4v) is 4.77. The second-order valence-corrected chi connectivity index (χ2v) is 9.78. The van der Waals surface area contributed by atoms with Crippen molar-refractivity contribution in [3.8, 4) is 28.6 Å². The third kappa shape index (κ3) is 6.91. The minimum atomic E-state index is -0.275. The van der Waals surface area contributed by atoms with Gasteiger partial charge >= 0.3 is 0 Å². The summed E-state index contributed by atoms with van der Waals surface area (Å²) >= 11 is 10.8. The van der Waals surface area contributed by atoms with Crippen molar-refractivity contribution >= 4 is 51.4 Å². The van der Waals surface area contributed by atoms with Gasteiger partial charge in [0.05, 0.1) is 30.2 Å². The molecule has 37 heavy (non-hydrogen) atoms. The van der Waals surface area contributed by atoms with E-state index >= 15 is 0 Å². The first-order valence-electron chi connectivity index (χ1n) is 11.2. The number of hydrogen-bond acceptors (Lipinski definition) is 7. The van der Waals surface area contributed by atoms with E-state index < -0.39 is 0 Å². The van der Waals surface area contributed by atoms with Gasteiger partial charge in [-0.2, -0.15) is 5.10 Å². The first-order valence-corrected chi connectivity index (χ1v) is 13.4. The Morgan fingerprint density at radius 3 is 2.57 bits per heavy atom. The third-order valence-corrected chi connectivity index (χ3v) is 6.85. The number of aromatic nitrogens is 3. The molecule has 0 atom stereocenters. The predicted molar refractivity (Wildman–Crippen MR) is 150 cm³/mol. The van der Waals surface area contributed by atoms with E-state index in [1.807, 2.05) is 66.1 Å². The lowest BCUT2D eigenvalue weighted by Gasteiger charge is -2.11. The number of ether oxygens (including phenoxy) is 2. The summed E-state index contributed by atoms with van der Waals surface area (Å²) in [6.07, 6.45) is 1.56. The molecule has 4 rings (SSSR count). The number of amides is 1. The van der Waals surface area contributed by atoms with Crippen LogP contribution in [0.25, 0.3) is 17.1 Å². The number of methoxy groups -OCH3 is 1. The van der Waals surface area contributed by atoms with E-state index in [0.29, 0.717) is 28.4 Å². The summed E-state index contributed by atoms with van der Waals surface area (Å²) in [5.74, 6) is 1.93. The molecule has 3 aromatic carbocycles. The summed E-state index contributed by atoms with van der Waals surface area (Å²) in [5, 5.41) is 14.0. The van der Waals surface area contributed by atoms with E-state index in [1.165, 1.54) is 11.8 Å². The van der Waals surface area contributed by atoms with Gasteiger partial charge in [0.2, 0.25) is 0 Å². The highest BCUT2D eigenvalue weighted by Gasteiger charge is 2.17. The van der Waals surface area contributed by atoms with Gasteiger partial charge in [0.15, 0.2) is 11.0 Å². The molecule has 4 aromatic rings. The van der Waals surface area contributed by atoms with E-state index in [2.05, 4.69) is 36.7 Å². The molecule has 0 spiro atoms. The average molecular weight is 601 g/mol. The number of nitrogens with one attached hydrogen (secondary N) is 1. The van der Waals surface area contributed by atoms with Crippen molar-refractivity contribution in [3.05, 3.63) is 81.8 Å². The van der Waals surface area contributed by atoms with Gasteiger partial charge < -0.3 is 9.47 Å². The number of rotatable bonds is 10. The summed E-state index contributed by atoms with van der Waals surface area (Å²) < 4.78 is 13.5. The highest BCUT2D eigenvalue weighted by atomic mass is 79.9. The third-order valence-electron chi connectivity index (χ3n) is 5.05. The Bertz CT molecular complexity index is 1390. The Morgan fingerprint density at radius 2 is 1.89 bits per heavy atom. The van der Waals surface area contributed by atoms with Gasteiger partial charge in [-0.25, -0.2) is 5.43 Å². The second-order valence-electron chi connectivity index (χ2n) is 7.55. The summed E-state index contributed by atoms with van der Waals surface area (Å²) in [5.41, 5.74) is 5.04. The number of thioether (sulfide) groups is 1. The summed E-state index contributed by atoms with van der Waals surface area (Å²) in [4.78, 5) is 12.5. The molecule has 0 saturated carbocycles. The largest absolute Gasteiger partial charge is 0.496 e. The maximum atomic E-state index is 12.5. The van der Waals surface area contributed by atoms with Gasteiger partial charge in [-0.15, -0.1) is 10.2 Å². The molecule has 1 amide bonds. The molecule has 0 aliphatic rings. The highest BCUT2D eigenvalue weighted by Crippen LogP contribution is 2.29. The molecule has 1 heterocycles. The molecule has 0 radical (unpaired) electrons. The van der Waals surface area contributed by atoms with Crippen molar-refractivity contribution in [1.29, 1.82) is 0 Å². The lowest BCUT2D eigenvalue weighted by molar-refractivity contribution is -0.118. The molecule has 11 heteroatoms. The van der Waals surface area contributed by atoms with Crippen LogP contribution in [0.15, 0.2) is 81.5 Å². The number of carbonyl (C=O) groups is 1. The maximum absolute atomic E-state index is 12.5. The van der Waals surface area contributed by atoms with E-state index in [9.17, 15) is 4.79 Å². The van der Waals surface area contributed by atoms with Crippen molar-refractivity contribution in [2.75, 3.05) is 19.5 Å². The Kier molecular flexibility index (Phi) is 9.21. The molecule has 0 unspecified atom stereocenters. The standard InChI is InChI=1S/C26H23BrClN5O3S/c1-3-36-21-11-9-20(10-12-21)33-25(18-5-7-19(28)8-6-18)31-32-26(33)37-16-24(34)30-29-15-17-4-13-23(35-2)22(27)14-17/h4-15H,3,16H2,1-2H3,(H,30,34)/b29-15-. The van der Waals surface area contributed by atoms with Crippen molar-refractivity contribution in [2.45, 2.75) is 12.1 Å². The molecule has 0 saturated heterocycles. The zero-order valence-electron chi connectivity index (χ0n) is 20.0. The molecular weight excluding hydrogens is 578 g/mol. The molecule has 1 N–H and O–H groups in total. The van der Waals surface area contributed by atoms with Crippen LogP contribution in [0.4, 0.5) is 0 Å². The maximum Gasteiger partial charge on any atom is 0.250 e. The lowest BCUT2D eigenvalue weighted by Crippen LogP contribution is -2.20. The van der Waals surface area contributed by atoms with Crippen LogP contribution < -0.4 is 14.9 Å².